The Morgan fingerprint density at radius 1 is 1.00 bits per heavy atom. The standard InChI is InChI=1S/C44H42ClF6N9O5/c1-41(2,3)23-43(27-10-13-29(31(46)18-27)32-20-58(57-56-32)28-11-12-28)38(62)59(39(55-43)54-40(63)65-21-25-7-5-4-6-8-25)34(22-64-35(61)19-42(15-16-42)44(49,50)51)26-9-14-30(45)33(17-26)60-37(36(47)48)52-24-53-60/h4-10,13-14,17-18,20,24,28,34,36H,11-12,15-16,19,21-23H2,1-3H3,(H,54,55,63)/t34-,43-/m1/s1. The molecule has 3 heterocycles. The molecule has 1 N–H and O–H groups in total. The number of alkyl carbamates (subject to hydrolysis) is 1. The number of guanidine groups is 1. The number of ether oxygens (including phenoxy) is 2. The fourth-order valence-corrected chi connectivity index (χ4v) is 8.09. The van der Waals surface area contributed by atoms with E-state index < -0.39 is 83.6 Å². The van der Waals surface area contributed by atoms with Crippen LogP contribution in [0.25, 0.3) is 16.9 Å². The number of hydrogen-bond donors (Lipinski definition) is 1. The average Bonchev–Trinajstić information content (AvgIpc) is 4.12. The highest BCUT2D eigenvalue weighted by Crippen LogP contribution is 2.60. The molecule has 2 atom stereocenters. The molecule has 2 aliphatic carbocycles. The van der Waals surface area contributed by atoms with Gasteiger partial charge in [-0.1, -0.05) is 80.1 Å². The monoisotopic (exact) mass is 925 g/mol. The molecule has 5 aromatic rings. The molecule has 342 valence electrons. The molecule has 2 aromatic heterocycles. The van der Waals surface area contributed by atoms with E-state index in [0.717, 1.165) is 34.8 Å². The highest BCUT2D eigenvalue weighted by molar-refractivity contribution is 6.32. The van der Waals surface area contributed by atoms with Crippen LogP contribution in [0.1, 0.15) is 100 Å². The minimum atomic E-state index is -4.70. The van der Waals surface area contributed by atoms with Crippen LogP contribution in [0.5, 0.6) is 0 Å². The third kappa shape index (κ3) is 9.44. The van der Waals surface area contributed by atoms with Gasteiger partial charge >= 0.3 is 18.2 Å². The molecule has 2 amide bonds. The van der Waals surface area contributed by atoms with Gasteiger partial charge in [-0.25, -0.2) is 37.3 Å². The summed E-state index contributed by atoms with van der Waals surface area (Å²) in [5.74, 6) is -4.15. The molecule has 1 aliphatic heterocycles. The molecule has 21 heteroatoms. The van der Waals surface area contributed by atoms with Crippen molar-refractivity contribution in [2.24, 2.45) is 15.8 Å². The van der Waals surface area contributed by atoms with Crippen molar-refractivity contribution in [2.45, 2.75) is 96.1 Å². The van der Waals surface area contributed by atoms with Crippen LogP contribution in [0.3, 0.4) is 0 Å². The van der Waals surface area contributed by atoms with Gasteiger partial charge in [-0.15, -0.1) is 5.10 Å². The van der Waals surface area contributed by atoms with Gasteiger partial charge in [-0.2, -0.15) is 18.3 Å². The Kier molecular flexibility index (Phi) is 12.0. The summed E-state index contributed by atoms with van der Waals surface area (Å²) in [4.78, 5) is 52.1. The van der Waals surface area contributed by atoms with Gasteiger partial charge in [0, 0.05) is 5.56 Å². The minimum absolute atomic E-state index is 0.0252. The molecule has 0 saturated heterocycles. The maximum Gasteiger partial charge on any atom is 0.414 e. The predicted octanol–water partition coefficient (Wildman–Crippen LogP) is 9.36. The van der Waals surface area contributed by atoms with E-state index in [9.17, 15) is 31.5 Å². The van der Waals surface area contributed by atoms with Crippen LogP contribution in [0.4, 0.5) is 31.1 Å². The SMILES string of the molecule is CC(C)(C)C[C@]1(c2ccc(-c3cn(C4CC4)nn3)c(F)c2)N=C(NC(=O)OCc2ccccc2)N([C@H](COC(=O)CC2(C(F)(F)F)CC2)c2ccc(Cl)c(-n3ncnc3C(F)F)c2)C1=O. The number of halogens is 7. The highest BCUT2D eigenvalue weighted by atomic mass is 35.5. The Morgan fingerprint density at radius 2 is 1.74 bits per heavy atom. The van der Waals surface area contributed by atoms with Crippen molar-refractivity contribution in [1.29, 1.82) is 0 Å². The summed E-state index contributed by atoms with van der Waals surface area (Å²) < 4.78 is 100. The molecule has 3 aliphatic rings. The molecule has 0 bridgehead atoms. The number of carbonyl (C=O) groups excluding carboxylic acids is 3. The average molecular weight is 926 g/mol. The van der Waals surface area contributed by atoms with Gasteiger partial charge < -0.3 is 9.47 Å². The molecule has 3 aromatic carbocycles. The van der Waals surface area contributed by atoms with Gasteiger partial charge in [-0.05, 0) is 78.5 Å². The third-order valence-corrected chi connectivity index (χ3v) is 11.8. The lowest BCUT2D eigenvalue weighted by Gasteiger charge is -2.35. The summed E-state index contributed by atoms with van der Waals surface area (Å²) in [5.41, 5.74) is -4.19. The number of nitrogens with one attached hydrogen (secondary N) is 1. The highest BCUT2D eigenvalue weighted by Gasteiger charge is 2.64. The summed E-state index contributed by atoms with van der Waals surface area (Å²) in [6, 6.07) is 15.2. The van der Waals surface area contributed by atoms with E-state index in [2.05, 4.69) is 25.7 Å². The third-order valence-electron chi connectivity index (χ3n) is 11.5. The Bertz CT molecular complexity index is 2640. The second-order valence-electron chi connectivity index (χ2n) is 17.6. The lowest BCUT2D eigenvalue weighted by molar-refractivity contribution is -0.195. The molecule has 0 spiro atoms. The number of amides is 2. The molecular weight excluding hydrogens is 884 g/mol. The second-order valence-corrected chi connectivity index (χ2v) is 18.0. The second kappa shape index (κ2) is 17.2. The Labute approximate surface area is 373 Å². The molecule has 2 fully saturated rings. The van der Waals surface area contributed by atoms with Gasteiger partial charge in [0.1, 0.15) is 31.1 Å². The summed E-state index contributed by atoms with van der Waals surface area (Å²) >= 11 is 6.53. The fraction of sp³-hybridized carbons (Fsp3) is 0.409. The Balaban J connectivity index is 1.24. The van der Waals surface area contributed by atoms with Crippen LogP contribution in [0.15, 0.2) is 84.2 Å². The molecular formula is C44H42ClF6N9O5. The number of aromatic nitrogens is 6. The molecule has 65 heavy (non-hydrogen) atoms. The van der Waals surface area contributed by atoms with Gasteiger partial charge in [-0.3, -0.25) is 19.8 Å². The van der Waals surface area contributed by atoms with Crippen molar-refractivity contribution in [3.05, 3.63) is 113 Å². The number of carbonyl (C=O) groups is 3. The number of esters is 1. The number of aliphatic imine (C=N–C) groups is 1. The van der Waals surface area contributed by atoms with E-state index in [1.54, 1.807) is 62.0 Å². The van der Waals surface area contributed by atoms with Crippen molar-refractivity contribution in [2.75, 3.05) is 6.61 Å². The summed E-state index contributed by atoms with van der Waals surface area (Å²) in [6.07, 6.45) is -6.29. The summed E-state index contributed by atoms with van der Waals surface area (Å²) in [7, 11) is 0. The van der Waals surface area contributed by atoms with E-state index >= 15 is 9.18 Å². The van der Waals surface area contributed by atoms with Crippen molar-refractivity contribution >= 4 is 35.5 Å². The van der Waals surface area contributed by atoms with Crippen molar-refractivity contribution in [3.63, 3.8) is 0 Å². The van der Waals surface area contributed by atoms with Crippen LogP contribution in [-0.4, -0.2) is 71.4 Å². The van der Waals surface area contributed by atoms with Crippen LogP contribution >= 0.6 is 11.6 Å². The molecule has 0 unspecified atom stereocenters. The van der Waals surface area contributed by atoms with Gasteiger partial charge in [0.2, 0.25) is 5.96 Å². The Morgan fingerprint density at radius 3 is 2.38 bits per heavy atom. The van der Waals surface area contributed by atoms with E-state index in [1.165, 1.54) is 30.3 Å². The maximum atomic E-state index is 16.4. The van der Waals surface area contributed by atoms with Crippen molar-refractivity contribution in [3.8, 4) is 16.9 Å². The van der Waals surface area contributed by atoms with Crippen molar-refractivity contribution < 1.29 is 50.2 Å². The zero-order valence-electron chi connectivity index (χ0n) is 35.2. The number of rotatable bonds is 14. The number of benzene rings is 3. The first-order chi connectivity index (χ1) is 30.8. The van der Waals surface area contributed by atoms with Crippen LogP contribution in [0.2, 0.25) is 5.02 Å². The smallest absolute Gasteiger partial charge is 0.414 e. The zero-order valence-corrected chi connectivity index (χ0v) is 35.9. The predicted molar refractivity (Wildman–Crippen MR) is 221 cm³/mol. The number of hydrogen-bond acceptors (Lipinski definition) is 10. The van der Waals surface area contributed by atoms with Crippen LogP contribution < -0.4 is 5.32 Å². The lowest BCUT2D eigenvalue weighted by atomic mass is 9.75. The van der Waals surface area contributed by atoms with Crippen molar-refractivity contribution in [1.82, 2.24) is 40.0 Å². The van der Waals surface area contributed by atoms with Crippen LogP contribution in [0, 0.1) is 16.6 Å². The minimum Gasteiger partial charge on any atom is -0.463 e. The van der Waals surface area contributed by atoms with E-state index in [4.69, 9.17) is 26.1 Å². The molecule has 8 rings (SSSR count). The quantitative estimate of drug-likeness (QED) is 0.0846. The van der Waals surface area contributed by atoms with E-state index in [1.807, 2.05) is 0 Å². The fourth-order valence-electron chi connectivity index (χ4n) is 7.89. The first-order valence-electron chi connectivity index (χ1n) is 20.6. The molecule has 0 radical (unpaired) electrons. The number of nitrogens with zero attached hydrogens (tertiary/aromatic N) is 8. The van der Waals surface area contributed by atoms with E-state index in [-0.39, 0.29) is 65.0 Å². The maximum absolute atomic E-state index is 16.4. The van der Waals surface area contributed by atoms with Crippen LogP contribution in [-0.2, 0) is 31.2 Å². The van der Waals surface area contributed by atoms with Gasteiger partial charge in [0.25, 0.3) is 12.3 Å². The molecule has 2 saturated carbocycles. The zero-order chi connectivity index (χ0) is 46.5. The number of alkyl halides is 5. The Hall–Kier alpha value is -6.31. The normalized spacial score (nSPS) is 18.7. The van der Waals surface area contributed by atoms with Gasteiger partial charge in [0.05, 0.1) is 40.8 Å². The van der Waals surface area contributed by atoms with Gasteiger partial charge in [0.15, 0.2) is 11.4 Å². The first-order valence-corrected chi connectivity index (χ1v) is 21.0. The summed E-state index contributed by atoms with van der Waals surface area (Å²) in [5, 5.41) is 14.6. The summed E-state index contributed by atoms with van der Waals surface area (Å²) in [6.45, 7) is 4.36. The lowest BCUT2D eigenvalue weighted by Crippen LogP contribution is -2.49. The molecule has 14 nitrogen and oxygen atoms in total. The first kappa shape index (κ1) is 45.3. The van der Waals surface area contributed by atoms with E-state index in [0.29, 0.717) is 5.56 Å². The topological polar surface area (TPSA) is 159 Å². The largest absolute Gasteiger partial charge is 0.463 e.